The highest BCUT2D eigenvalue weighted by atomic mass is 79.9. The predicted octanol–water partition coefficient (Wildman–Crippen LogP) is 3.11. The fraction of sp³-hybridized carbons (Fsp3) is 0.133. The summed E-state index contributed by atoms with van der Waals surface area (Å²) in [5, 5.41) is 2.88. The molecule has 1 aliphatic rings. The van der Waals surface area contributed by atoms with Gasteiger partial charge in [0.2, 0.25) is 6.79 Å². The molecule has 0 saturated carbocycles. The molecule has 0 spiro atoms. The van der Waals surface area contributed by atoms with Gasteiger partial charge in [0, 0.05) is 16.6 Å². The quantitative estimate of drug-likeness (QED) is 0.938. The number of carbonyl (C=O) groups is 1. The first-order valence-electron chi connectivity index (χ1n) is 6.15. The van der Waals surface area contributed by atoms with E-state index in [4.69, 9.17) is 9.47 Å². The number of carbonyl (C=O) groups excluding carboxylic acids is 1. The van der Waals surface area contributed by atoms with Crippen LogP contribution in [-0.4, -0.2) is 12.7 Å². The number of fused-ring (bicyclic) bond motifs is 1. The van der Waals surface area contributed by atoms with E-state index in [-0.39, 0.29) is 12.7 Å². The molecule has 102 valence electrons. The molecule has 0 saturated heterocycles. The average molecular weight is 334 g/mol. The highest BCUT2D eigenvalue weighted by Crippen LogP contribution is 2.32. The molecule has 1 amide bonds. The van der Waals surface area contributed by atoms with Gasteiger partial charge in [0.15, 0.2) is 11.5 Å². The molecule has 3 rings (SSSR count). The minimum Gasteiger partial charge on any atom is -0.454 e. The van der Waals surface area contributed by atoms with Crippen LogP contribution in [-0.2, 0) is 6.54 Å². The number of ether oxygens (including phenoxy) is 2. The summed E-state index contributed by atoms with van der Waals surface area (Å²) in [6, 6.07) is 12.9. The van der Waals surface area contributed by atoms with Gasteiger partial charge in [-0.2, -0.15) is 0 Å². The first kappa shape index (κ1) is 13.0. The van der Waals surface area contributed by atoms with Crippen molar-refractivity contribution in [2.45, 2.75) is 6.54 Å². The van der Waals surface area contributed by atoms with Crippen LogP contribution < -0.4 is 14.8 Å². The molecule has 0 radical (unpaired) electrons. The number of amides is 1. The summed E-state index contributed by atoms with van der Waals surface area (Å²) in [7, 11) is 0. The van der Waals surface area contributed by atoms with E-state index in [0.29, 0.717) is 23.6 Å². The largest absolute Gasteiger partial charge is 0.454 e. The molecule has 0 bridgehead atoms. The van der Waals surface area contributed by atoms with Gasteiger partial charge >= 0.3 is 0 Å². The summed E-state index contributed by atoms with van der Waals surface area (Å²) in [5.41, 5.74) is 1.59. The highest BCUT2D eigenvalue weighted by molar-refractivity contribution is 9.10. The van der Waals surface area contributed by atoms with Crippen LogP contribution in [0, 0.1) is 0 Å². The first-order chi connectivity index (χ1) is 9.74. The zero-order chi connectivity index (χ0) is 13.9. The number of rotatable bonds is 3. The van der Waals surface area contributed by atoms with Crippen LogP contribution in [0.3, 0.4) is 0 Å². The van der Waals surface area contributed by atoms with Gasteiger partial charge in [-0.25, -0.2) is 0 Å². The summed E-state index contributed by atoms with van der Waals surface area (Å²) in [6.45, 7) is 0.673. The molecule has 5 heteroatoms. The van der Waals surface area contributed by atoms with Gasteiger partial charge < -0.3 is 14.8 Å². The lowest BCUT2D eigenvalue weighted by Gasteiger charge is -2.07. The molecular formula is C15H12BrNO3. The van der Waals surface area contributed by atoms with E-state index in [1.165, 1.54) is 0 Å². The van der Waals surface area contributed by atoms with E-state index in [1.807, 2.05) is 24.3 Å². The first-order valence-corrected chi connectivity index (χ1v) is 6.94. The molecule has 0 aromatic heterocycles. The molecule has 0 unspecified atom stereocenters. The number of halogens is 1. The van der Waals surface area contributed by atoms with Crippen molar-refractivity contribution in [3.63, 3.8) is 0 Å². The maximum absolute atomic E-state index is 12.1. The Kier molecular flexibility index (Phi) is 3.60. The van der Waals surface area contributed by atoms with Crippen LogP contribution >= 0.6 is 15.9 Å². The van der Waals surface area contributed by atoms with Gasteiger partial charge in [0.05, 0.1) is 0 Å². The van der Waals surface area contributed by atoms with E-state index in [1.54, 1.807) is 18.2 Å². The topological polar surface area (TPSA) is 47.6 Å². The second-order valence-electron chi connectivity index (χ2n) is 4.34. The van der Waals surface area contributed by atoms with Crippen molar-refractivity contribution >= 4 is 21.8 Å². The number of nitrogens with one attached hydrogen (secondary N) is 1. The summed E-state index contributed by atoms with van der Waals surface area (Å²) in [4.78, 5) is 12.1. The lowest BCUT2D eigenvalue weighted by atomic mass is 10.1. The summed E-state index contributed by atoms with van der Waals surface area (Å²) >= 11 is 3.46. The van der Waals surface area contributed by atoms with Crippen LogP contribution in [0.15, 0.2) is 46.9 Å². The summed E-state index contributed by atoms with van der Waals surface area (Å²) in [6.07, 6.45) is 0. The Morgan fingerprint density at radius 2 is 1.95 bits per heavy atom. The molecule has 0 atom stereocenters. The molecule has 4 nitrogen and oxygen atoms in total. The Balaban J connectivity index is 1.69. The third kappa shape index (κ3) is 2.63. The van der Waals surface area contributed by atoms with Crippen LogP contribution in [0.5, 0.6) is 11.5 Å². The Morgan fingerprint density at radius 1 is 1.15 bits per heavy atom. The van der Waals surface area contributed by atoms with Crippen molar-refractivity contribution in [1.82, 2.24) is 5.32 Å². The SMILES string of the molecule is O=C(NCc1ccccc1Br)c1ccc2c(c1)OCO2. The van der Waals surface area contributed by atoms with Gasteiger partial charge in [-0.05, 0) is 29.8 Å². The van der Waals surface area contributed by atoms with Crippen molar-refractivity contribution in [2.24, 2.45) is 0 Å². The van der Waals surface area contributed by atoms with E-state index < -0.39 is 0 Å². The maximum Gasteiger partial charge on any atom is 0.251 e. The Hall–Kier alpha value is -2.01. The van der Waals surface area contributed by atoms with Gasteiger partial charge in [-0.15, -0.1) is 0 Å². The molecular weight excluding hydrogens is 322 g/mol. The fourth-order valence-corrected chi connectivity index (χ4v) is 2.38. The van der Waals surface area contributed by atoms with Crippen molar-refractivity contribution in [1.29, 1.82) is 0 Å². The second-order valence-corrected chi connectivity index (χ2v) is 5.20. The zero-order valence-corrected chi connectivity index (χ0v) is 12.1. The summed E-state index contributed by atoms with van der Waals surface area (Å²) in [5.74, 6) is 1.14. The zero-order valence-electron chi connectivity index (χ0n) is 10.6. The average Bonchev–Trinajstić information content (AvgIpc) is 2.93. The van der Waals surface area contributed by atoms with Gasteiger partial charge in [0.25, 0.3) is 5.91 Å². The van der Waals surface area contributed by atoms with Crippen molar-refractivity contribution in [2.75, 3.05) is 6.79 Å². The highest BCUT2D eigenvalue weighted by Gasteiger charge is 2.16. The van der Waals surface area contributed by atoms with Crippen molar-refractivity contribution < 1.29 is 14.3 Å². The van der Waals surface area contributed by atoms with Gasteiger partial charge in [0.1, 0.15) is 0 Å². The van der Waals surface area contributed by atoms with Crippen molar-refractivity contribution in [3.05, 3.63) is 58.1 Å². The molecule has 0 fully saturated rings. The molecule has 20 heavy (non-hydrogen) atoms. The van der Waals surface area contributed by atoms with E-state index in [0.717, 1.165) is 10.0 Å². The normalized spacial score (nSPS) is 12.2. The Morgan fingerprint density at radius 3 is 2.80 bits per heavy atom. The third-order valence-corrected chi connectivity index (χ3v) is 3.81. The van der Waals surface area contributed by atoms with Gasteiger partial charge in [-0.3, -0.25) is 4.79 Å². The smallest absolute Gasteiger partial charge is 0.251 e. The van der Waals surface area contributed by atoms with Crippen LogP contribution in [0.2, 0.25) is 0 Å². The van der Waals surface area contributed by atoms with Crippen molar-refractivity contribution in [3.8, 4) is 11.5 Å². The fourth-order valence-electron chi connectivity index (χ4n) is 1.96. The number of hydrogen-bond donors (Lipinski definition) is 1. The second kappa shape index (κ2) is 5.54. The lowest BCUT2D eigenvalue weighted by molar-refractivity contribution is 0.0950. The number of benzene rings is 2. The molecule has 1 heterocycles. The minimum absolute atomic E-state index is 0.140. The number of hydrogen-bond acceptors (Lipinski definition) is 3. The van der Waals surface area contributed by atoms with Crippen LogP contribution in [0.4, 0.5) is 0 Å². The molecule has 1 N–H and O–H groups in total. The predicted molar refractivity (Wildman–Crippen MR) is 77.9 cm³/mol. The molecule has 1 aliphatic heterocycles. The monoisotopic (exact) mass is 333 g/mol. The maximum atomic E-state index is 12.1. The molecule has 0 aliphatic carbocycles. The standard InChI is InChI=1S/C15H12BrNO3/c16-12-4-2-1-3-11(12)8-17-15(18)10-5-6-13-14(7-10)20-9-19-13/h1-7H,8-9H2,(H,17,18). The van der Waals surface area contributed by atoms with Crippen LogP contribution in [0.25, 0.3) is 0 Å². The van der Waals surface area contributed by atoms with Gasteiger partial charge in [-0.1, -0.05) is 34.1 Å². The van der Waals surface area contributed by atoms with E-state index >= 15 is 0 Å². The lowest BCUT2D eigenvalue weighted by Crippen LogP contribution is -2.22. The van der Waals surface area contributed by atoms with E-state index in [9.17, 15) is 4.79 Å². The van der Waals surface area contributed by atoms with E-state index in [2.05, 4.69) is 21.2 Å². The van der Waals surface area contributed by atoms with Crippen LogP contribution in [0.1, 0.15) is 15.9 Å². The molecule has 2 aromatic rings. The third-order valence-electron chi connectivity index (χ3n) is 3.03. The molecule has 2 aromatic carbocycles. The Bertz CT molecular complexity index is 657. The minimum atomic E-state index is -0.140. The summed E-state index contributed by atoms with van der Waals surface area (Å²) < 4.78 is 11.5. The Labute approximate surface area is 124 Å².